The lowest BCUT2D eigenvalue weighted by atomic mass is 9.94. The highest BCUT2D eigenvalue weighted by molar-refractivity contribution is 5.95. The molecule has 0 unspecified atom stereocenters. The summed E-state index contributed by atoms with van der Waals surface area (Å²) in [7, 11) is 0. The zero-order valence-electron chi connectivity index (χ0n) is 15.5. The van der Waals surface area contributed by atoms with Crippen LogP contribution in [0.25, 0.3) is 11.1 Å². The molecule has 1 aliphatic heterocycles. The molecule has 3 aromatic rings. The molecule has 1 aromatic carbocycles. The van der Waals surface area contributed by atoms with E-state index >= 15 is 0 Å². The Morgan fingerprint density at radius 1 is 1.14 bits per heavy atom. The number of rotatable bonds is 3. The quantitative estimate of drug-likeness (QED) is 0.683. The molecule has 29 heavy (non-hydrogen) atoms. The molecule has 1 saturated heterocycles. The van der Waals surface area contributed by atoms with E-state index in [0.717, 1.165) is 41.8 Å². The Bertz CT molecular complexity index is 1000. The summed E-state index contributed by atoms with van der Waals surface area (Å²) in [5, 5.41) is 7.16. The molecular weight excluding hydrogens is 381 g/mol. The van der Waals surface area contributed by atoms with E-state index in [1.807, 2.05) is 12.1 Å². The van der Waals surface area contributed by atoms with Crippen LogP contribution in [0.4, 0.5) is 13.2 Å². The number of hydrogen-bond acceptors (Lipinski definition) is 3. The monoisotopic (exact) mass is 400 g/mol. The number of carbonyl (C=O) groups is 1. The fraction of sp³-hybridized carbons (Fsp3) is 0.286. The maximum atomic E-state index is 13.1. The Hall–Kier alpha value is -3.16. The number of alkyl halides is 3. The summed E-state index contributed by atoms with van der Waals surface area (Å²) in [5.41, 5.74) is 1.78. The van der Waals surface area contributed by atoms with E-state index in [9.17, 15) is 18.0 Å². The third-order valence-electron chi connectivity index (χ3n) is 5.19. The Labute approximate surface area is 165 Å². The van der Waals surface area contributed by atoms with Gasteiger partial charge in [0.2, 0.25) is 0 Å². The van der Waals surface area contributed by atoms with Crippen LogP contribution < -0.4 is 0 Å². The van der Waals surface area contributed by atoms with Crippen molar-refractivity contribution in [2.75, 3.05) is 6.54 Å². The number of H-pyrrole nitrogens is 1. The maximum absolute atomic E-state index is 13.1. The van der Waals surface area contributed by atoms with Gasteiger partial charge in [0.25, 0.3) is 5.91 Å². The molecule has 1 atom stereocenters. The van der Waals surface area contributed by atoms with Crippen LogP contribution in [0.15, 0.2) is 55.0 Å². The van der Waals surface area contributed by atoms with Gasteiger partial charge in [0.1, 0.15) is 0 Å². The first-order chi connectivity index (χ1) is 13.9. The lowest BCUT2D eigenvalue weighted by molar-refractivity contribution is -0.137. The van der Waals surface area contributed by atoms with Crippen LogP contribution in [0.1, 0.15) is 46.9 Å². The lowest BCUT2D eigenvalue weighted by Crippen LogP contribution is -2.39. The van der Waals surface area contributed by atoms with Crippen molar-refractivity contribution in [2.24, 2.45) is 0 Å². The highest BCUT2D eigenvalue weighted by atomic mass is 19.4. The number of aromatic nitrogens is 3. The van der Waals surface area contributed by atoms with Crippen molar-refractivity contribution in [3.63, 3.8) is 0 Å². The summed E-state index contributed by atoms with van der Waals surface area (Å²) >= 11 is 0. The van der Waals surface area contributed by atoms with E-state index in [-0.39, 0.29) is 11.6 Å². The van der Waals surface area contributed by atoms with E-state index in [1.165, 1.54) is 12.1 Å². The van der Waals surface area contributed by atoms with Crippen LogP contribution in [0.3, 0.4) is 0 Å². The van der Waals surface area contributed by atoms with Gasteiger partial charge < -0.3 is 4.90 Å². The number of amides is 1. The highest BCUT2D eigenvalue weighted by Crippen LogP contribution is 2.37. The number of aromatic amines is 1. The second kappa shape index (κ2) is 7.69. The van der Waals surface area contributed by atoms with Crippen LogP contribution in [0.5, 0.6) is 0 Å². The molecule has 0 spiro atoms. The standard InChI is InChI=1S/C21H19F3N4O/c22-21(23,24)16-5-3-4-15(12-16)20(29)28-11-2-1-6-18(28)19-17(13-26-27-19)14-7-9-25-10-8-14/h3-5,7-10,12-13,18H,1-2,6,11H2,(H,26,27)/t18-/m1/s1. The minimum absolute atomic E-state index is 0.0386. The van der Waals surface area contributed by atoms with E-state index in [0.29, 0.717) is 13.0 Å². The molecule has 4 rings (SSSR count). The van der Waals surface area contributed by atoms with E-state index in [1.54, 1.807) is 23.5 Å². The first-order valence-corrected chi connectivity index (χ1v) is 9.37. The van der Waals surface area contributed by atoms with Gasteiger partial charge in [0.15, 0.2) is 0 Å². The molecule has 8 heteroatoms. The van der Waals surface area contributed by atoms with Crippen LogP contribution in [-0.4, -0.2) is 32.5 Å². The fourth-order valence-electron chi connectivity index (χ4n) is 3.78. The lowest BCUT2D eigenvalue weighted by Gasteiger charge is -2.36. The number of piperidine rings is 1. The first-order valence-electron chi connectivity index (χ1n) is 9.37. The van der Waals surface area contributed by atoms with Crippen molar-refractivity contribution in [3.05, 3.63) is 71.8 Å². The molecule has 1 N–H and O–H groups in total. The Balaban J connectivity index is 1.68. The number of hydrogen-bond donors (Lipinski definition) is 1. The van der Waals surface area contributed by atoms with Gasteiger partial charge in [-0.2, -0.15) is 18.3 Å². The van der Waals surface area contributed by atoms with Crippen molar-refractivity contribution >= 4 is 5.91 Å². The van der Waals surface area contributed by atoms with Gasteiger partial charge in [0.05, 0.1) is 23.5 Å². The Morgan fingerprint density at radius 2 is 1.93 bits per heavy atom. The van der Waals surface area contributed by atoms with Gasteiger partial charge in [-0.1, -0.05) is 6.07 Å². The van der Waals surface area contributed by atoms with E-state index < -0.39 is 17.6 Å². The molecule has 1 fully saturated rings. The van der Waals surface area contributed by atoms with Crippen LogP contribution in [0.2, 0.25) is 0 Å². The van der Waals surface area contributed by atoms with Crippen LogP contribution >= 0.6 is 0 Å². The number of pyridine rings is 1. The van der Waals surface area contributed by atoms with Crippen molar-refractivity contribution in [1.82, 2.24) is 20.1 Å². The summed E-state index contributed by atoms with van der Waals surface area (Å²) in [6.45, 7) is 0.481. The minimum atomic E-state index is -4.49. The molecule has 3 heterocycles. The maximum Gasteiger partial charge on any atom is 0.416 e. The predicted octanol–water partition coefficient (Wildman–Crippen LogP) is 4.86. The molecule has 1 amide bonds. The second-order valence-corrected chi connectivity index (χ2v) is 7.02. The number of halogens is 3. The summed E-state index contributed by atoms with van der Waals surface area (Å²) in [6.07, 6.45) is 3.01. The molecule has 150 valence electrons. The fourth-order valence-corrected chi connectivity index (χ4v) is 3.78. The van der Waals surface area contributed by atoms with E-state index in [2.05, 4.69) is 15.2 Å². The number of carbonyl (C=O) groups excluding carboxylic acids is 1. The van der Waals surface area contributed by atoms with Crippen LogP contribution in [-0.2, 0) is 6.18 Å². The van der Waals surface area contributed by atoms with E-state index in [4.69, 9.17) is 0 Å². The zero-order valence-corrected chi connectivity index (χ0v) is 15.5. The molecule has 0 bridgehead atoms. The highest BCUT2D eigenvalue weighted by Gasteiger charge is 2.34. The number of nitrogens with one attached hydrogen (secondary N) is 1. The average Bonchev–Trinajstić information content (AvgIpc) is 3.23. The minimum Gasteiger partial charge on any atom is -0.330 e. The number of nitrogens with zero attached hydrogens (tertiary/aromatic N) is 3. The summed E-state index contributed by atoms with van der Waals surface area (Å²) in [6, 6.07) is 8.03. The van der Waals surface area contributed by atoms with Gasteiger partial charge in [-0.3, -0.25) is 14.9 Å². The van der Waals surface area contributed by atoms with Crippen molar-refractivity contribution < 1.29 is 18.0 Å². The summed E-state index contributed by atoms with van der Waals surface area (Å²) in [4.78, 5) is 18.8. The Kier molecular flexibility index (Phi) is 5.08. The molecule has 0 radical (unpaired) electrons. The SMILES string of the molecule is O=C(c1cccc(C(F)(F)F)c1)N1CCCC[C@@H]1c1[nH]ncc1-c1ccncc1. The average molecular weight is 400 g/mol. The Morgan fingerprint density at radius 3 is 2.69 bits per heavy atom. The van der Waals surface area contributed by atoms with Crippen molar-refractivity contribution in [1.29, 1.82) is 0 Å². The van der Waals surface area contributed by atoms with Gasteiger partial charge in [0, 0.05) is 30.1 Å². The molecule has 1 aliphatic rings. The largest absolute Gasteiger partial charge is 0.416 e. The zero-order chi connectivity index (χ0) is 20.4. The molecule has 5 nitrogen and oxygen atoms in total. The molecular formula is C21H19F3N4O. The smallest absolute Gasteiger partial charge is 0.330 e. The van der Waals surface area contributed by atoms with Gasteiger partial charge in [-0.05, 0) is 55.2 Å². The first kappa shape index (κ1) is 19.2. The van der Waals surface area contributed by atoms with Crippen LogP contribution in [0, 0.1) is 0 Å². The van der Waals surface area contributed by atoms with Crippen molar-refractivity contribution in [3.8, 4) is 11.1 Å². The van der Waals surface area contributed by atoms with Crippen molar-refractivity contribution in [2.45, 2.75) is 31.5 Å². The molecule has 2 aromatic heterocycles. The summed E-state index contributed by atoms with van der Waals surface area (Å²) < 4.78 is 39.2. The topological polar surface area (TPSA) is 61.9 Å². The van der Waals surface area contributed by atoms with Gasteiger partial charge in [-0.15, -0.1) is 0 Å². The number of likely N-dealkylation sites (tertiary alicyclic amines) is 1. The van der Waals surface area contributed by atoms with Gasteiger partial charge >= 0.3 is 6.18 Å². The number of benzene rings is 1. The predicted molar refractivity (Wildman–Crippen MR) is 101 cm³/mol. The second-order valence-electron chi connectivity index (χ2n) is 7.02. The third-order valence-corrected chi connectivity index (χ3v) is 5.19. The van der Waals surface area contributed by atoms with Gasteiger partial charge in [-0.25, -0.2) is 0 Å². The normalized spacial score (nSPS) is 17.3. The molecule has 0 aliphatic carbocycles. The molecule has 0 saturated carbocycles. The summed E-state index contributed by atoms with van der Waals surface area (Å²) in [5.74, 6) is -0.406. The third kappa shape index (κ3) is 3.87.